The normalized spacial score (nSPS) is 22.4. The number of aliphatic imine (C=N–C) groups is 1. The average Bonchev–Trinajstić information content (AvgIpc) is 2.81. The SMILES string of the molecule is COc1ccc([C@H]2CC(=O)C3=C(C2)N=C(C)C(C(=O)OCC(C)C)[C@H]3c2cccc(F)c2)cc1. The van der Waals surface area contributed by atoms with Crippen molar-refractivity contribution in [3.05, 3.63) is 76.7 Å². The van der Waals surface area contributed by atoms with E-state index in [1.807, 2.05) is 38.1 Å². The van der Waals surface area contributed by atoms with Crippen molar-refractivity contribution in [1.82, 2.24) is 0 Å². The van der Waals surface area contributed by atoms with Crippen molar-refractivity contribution in [2.45, 2.75) is 45.4 Å². The van der Waals surface area contributed by atoms with Crippen LogP contribution in [-0.2, 0) is 14.3 Å². The van der Waals surface area contributed by atoms with Crippen LogP contribution in [-0.4, -0.2) is 31.2 Å². The van der Waals surface area contributed by atoms with Crippen LogP contribution in [0, 0.1) is 17.7 Å². The first-order chi connectivity index (χ1) is 16.3. The summed E-state index contributed by atoms with van der Waals surface area (Å²) in [5.74, 6) is -1.37. The van der Waals surface area contributed by atoms with Gasteiger partial charge in [-0.3, -0.25) is 14.6 Å². The van der Waals surface area contributed by atoms with Gasteiger partial charge >= 0.3 is 5.97 Å². The van der Waals surface area contributed by atoms with Crippen molar-refractivity contribution in [3.8, 4) is 5.75 Å². The highest BCUT2D eigenvalue weighted by Gasteiger charge is 2.44. The number of nitrogens with zero attached hydrogens (tertiary/aromatic N) is 1. The second kappa shape index (κ2) is 9.92. The van der Waals surface area contributed by atoms with E-state index in [9.17, 15) is 14.0 Å². The van der Waals surface area contributed by atoms with Crippen LogP contribution in [0.2, 0.25) is 0 Å². The van der Waals surface area contributed by atoms with Crippen LogP contribution in [0.3, 0.4) is 0 Å². The van der Waals surface area contributed by atoms with Gasteiger partial charge in [0.1, 0.15) is 17.5 Å². The molecule has 5 nitrogen and oxygen atoms in total. The lowest BCUT2D eigenvalue weighted by Crippen LogP contribution is -2.38. The number of hydrogen-bond acceptors (Lipinski definition) is 5. The molecule has 0 saturated carbocycles. The molecule has 2 aromatic carbocycles. The lowest BCUT2D eigenvalue weighted by Gasteiger charge is -2.36. The zero-order valence-electron chi connectivity index (χ0n) is 20.0. The van der Waals surface area contributed by atoms with Crippen LogP contribution in [0.1, 0.15) is 56.6 Å². The number of methoxy groups -OCH3 is 1. The Morgan fingerprint density at radius 2 is 1.85 bits per heavy atom. The molecule has 0 bridgehead atoms. The second-order valence-electron chi connectivity index (χ2n) is 9.45. The van der Waals surface area contributed by atoms with Crippen LogP contribution in [0.15, 0.2) is 64.8 Å². The summed E-state index contributed by atoms with van der Waals surface area (Å²) in [4.78, 5) is 31.5. The largest absolute Gasteiger partial charge is 0.497 e. The first kappa shape index (κ1) is 23.9. The molecule has 1 heterocycles. The Morgan fingerprint density at radius 1 is 1.12 bits per heavy atom. The fourth-order valence-electron chi connectivity index (χ4n) is 4.88. The van der Waals surface area contributed by atoms with Crippen molar-refractivity contribution in [2.24, 2.45) is 16.8 Å². The summed E-state index contributed by atoms with van der Waals surface area (Å²) in [6.45, 7) is 5.99. The molecule has 6 heteroatoms. The van der Waals surface area contributed by atoms with Crippen molar-refractivity contribution in [2.75, 3.05) is 13.7 Å². The number of halogens is 1. The molecule has 0 spiro atoms. The molecule has 0 aromatic heterocycles. The quantitative estimate of drug-likeness (QED) is 0.523. The number of esters is 1. The first-order valence-corrected chi connectivity index (χ1v) is 11.7. The van der Waals surface area contributed by atoms with Gasteiger partial charge in [-0.25, -0.2) is 4.39 Å². The third kappa shape index (κ3) is 4.81. The third-order valence-corrected chi connectivity index (χ3v) is 6.50. The molecule has 0 saturated heterocycles. The zero-order chi connectivity index (χ0) is 24.4. The fraction of sp³-hybridized carbons (Fsp3) is 0.393. The minimum Gasteiger partial charge on any atom is -0.497 e. The Morgan fingerprint density at radius 3 is 2.50 bits per heavy atom. The molecule has 34 heavy (non-hydrogen) atoms. The molecule has 3 atom stereocenters. The molecular weight excluding hydrogens is 433 g/mol. The minimum atomic E-state index is -0.763. The standard InChI is InChI=1S/C28H30FNO4/c1-16(2)15-34-28(32)25-17(3)30-23-13-20(18-8-10-22(33-4)11-9-18)14-24(31)27(23)26(25)19-6-5-7-21(29)12-19/h5-12,16,20,25-26H,13-15H2,1-4H3/t20-,25?,26-/m1/s1. The monoisotopic (exact) mass is 463 g/mol. The lowest BCUT2D eigenvalue weighted by atomic mass is 9.69. The van der Waals surface area contributed by atoms with Crippen LogP contribution in [0.4, 0.5) is 4.39 Å². The molecule has 4 rings (SSSR count). The summed E-state index contributed by atoms with van der Waals surface area (Å²) >= 11 is 0. The number of Topliss-reactive ketones (excluding diaryl/α,β-unsaturated/α-hetero) is 1. The van der Waals surface area contributed by atoms with Gasteiger partial charge in [0.05, 0.1) is 13.7 Å². The summed E-state index contributed by atoms with van der Waals surface area (Å²) in [6.07, 6.45) is 0.879. The molecule has 1 aliphatic carbocycles. The van der Waals surface area contributed by atoms with Crippen molar-refractivity contribution in [3.63, 3.8) is 0 Å². The highest BCUT2D eigenvalue weighted by molar-refractivity contribution is 6.09. The number of carbonyl (C=O) groups excluding carboxylic acids is 2. The van der Waals surface area contributed by atoms with Gasteiger partial charge in [0.2, 0.25) is 0 Å². The highest BCUT2D eigenvalue weighted by Crippen LogP contribution is 2.47. The maximum absolute atomic E-state index is 14.2. The van der Waals surface area contributed by atoms with Gasteiger partial charge in [0.15, 0.2) is 5.78 Å². The molecule has 2 aliphatic rings. The van der Waals surface area contributed by atoms with Crippen LogP contribution in [0.5, 0.6) is 5.75 Å². The molecule has 0 amide bonds. The number of ether oxygens (including phenoxy) is 2. The van der Waals surface area contributed by atoms with E-state index in [1.54, 1.807) is 26.2 Å². The molecule has 178 valence electrons. The van der Waals surface area contributed by atoms with Crippen molar-refractivity contribution >= 4 is 17.5 Å². The van der Waals surface area contributed by atoms with E-state index < -0.39 is 23.6 Å². The fourth-order valence-corrected chi connectivity index (χ4v) is 4.88. The summed E-state index contributed by atoms with van der Waals surface area (Å²) in [5, 5.41) is 0. The molecule has 0 N–H and O–H groups in total. The molecule has 2 aromatic rings. The number of carbonyl (C=O) groups is 2. The van der Waals surface area contributed by atoms with E-state index in [4.69, 9.17) is 14.5 Å². The smallest absolute Gasteiger partial charge is 0.315 e. The maximum atomic E-state index is 14.2. The summed E-state index contributed by atoms with van der Waals surface area (Å²) in [5.41, 5.74) is 3.40. The van der Waals surface area contributed by atoms with Gasteiger partial charge in [-0.05, 0) is 60.6 Å². The molecule has 0 fully saturated rings. The maximum Gasteiger partial charge on any atom is 0.315 e. The third-order valence-electron chi connectivity index (χ3n) is 6.50. The zero-order valence-corrected chi connectivity index (χ0v) is 20.0. The van der Waals surface area contributed by atoms with E-state index in [-0.39, 0.29) is 24.2 Å². The predicted octanol–water partition coefficient (Wildman–Crippen LogP) is 5.61. The minimum absolute atomic E-state index is 0.0219. The van der Waals surface area contributed by atoms with Crippen LogP contribution >= 0.6 is 0 Å². The van der Waals surface area contributed by atoms with E-state index in [1.165, 1.54) is 12.1 Å². The average molecular weight is 464 g/mol. The second-order valence-corrected chi connectivity index (χ2v) is 9.45. The van der Waals surface area contributed by atoms with E-state index in [0.29, 0.717) is 35.4 Å². The Balaban J connectivity index is 1.74. The van der Waals surface area contributed by atoms with Crippen molar-refractivity contribution in [1.29, 1.82) is 0 Å². The number of rotatable bonds is 6. The summed E-state index contributed by atoms with van der Waals surface area (Å²) < 4.78 is 25.0. The topological polar surface area (TPSA) is 65.0 Å². The van der Waals surface area contributed by atoms with Gasteiger partial charge in [0, 0.05) is 29.3 Å². The Kier molecular flexibility index (Phi) is 6.96. The molecule has 0 radical (unpaired) electrons. The number of allylic oxidation sites excluding steroid dienone is 2. The molecular formula is C28H30FNO4. The van der Waals surface area contributed by atoms with Crippen LogP contribution < -0.4 is 4.74 Å². The highest BCUT2D eigenvalue weighted by atomic mass is 19.1. The predicted molar refractivity (Wildman–Crippen MR) is 129 cm³/mol. The Labute approximate surface area is 199 Å². The van der Waals surface area contributed by atoms with Gasteiger partial charge < -0.3 is 9.47 Å². The van der Waals surface area contributed by atoms with Gasteiger partial charge in [-0.2, -0.15) is 0 Å². The van der Waals surface area contributed by atoms with Crippen LogP contribution in [0.25, 0.3) is 0 Å². The number of hydrogen-bond donors (Lipinski definition) is 0. The number of ketones is 1. The van der Waals surface area contributed by atoms with Gasteiger partial charge in [-0.1, -0.05) is 38.1 Å². The van der Waals surface area contributed by atoms with Gasteiger partial charge in [-0.15, -0.1) is 0 Å². The Bertz CT molecular complexity index is 1150. The molecule has 1 aliphatic heterocycles. The summed E-state index contributed by atoms with van der Waals surface area (Å²) in [6, 6.07) is 13.8. The molecule has 1 unspecified atom stereocenters. The van der Waals surface area contributed by atoms with Crippen molar-refractivity contribution < 1.29 is 23.5 Å². The van der Waals surface area contributed by atoms with Gasteiger partial charge in [0.25, 0.3) is 0 Å². The van der Waals surface area contributed by atoms with E-state index in [0.717, 1.165) is 11.3 Å². The van der Waals surface area contributed by atoms with E-state index >= 15 is 0 Å². The summed E-state index contributed by atoms with van der Waals surface area (Å²) in [7, 11) is 1.62. The first-order valence-electron chi connectivity index (χ1n) is 11.7. The van der Waals surface area contributed by atoms with E-state index in [2.05, 4.69) is 0 Å². The lowest BCUT2D eigenvalue weighted by molar-refractivity contribution is -0.147. The Hall–Kier alpha value is -3.28. The number of benzene rings is 2.